The van der Waals surface area contributed by atoms with Gasteiger partial charge in [0.15, 0.2) is 0 Å². The van der Waals surface area contributed by atoms with Crippen LogP contribution in [0.15, 0.2) is 24.0 Å². The van der Waals surface area contributed by atoms with Gasteiger partial charge in [0.25, 0.3) is 0 Å². The van der Waals surface area contributed by atoms with Gasteiger partial charge in [0.1, 0.15) is 11.9 Å². The molecule has 0 spiro atoms. The number of ether oxygens (including phenoxy) is 2. The first kappa shape index (κ1) is 11.2. The number of hydrogen-bond donors (Lipinski definition) is 0. The van der Waals surface area contributed by atoms with Crippen LogP contribution in [0.25, 0.3) is 0 Å². The van der Waals surface area contributed by atoms with Gasteiger partial charge in [0.2, 0.25) is 0 Å². The van der Waals surface area contributed by atoms with E-state index >= 15 is 0 Å². The Labute approximate surface area is 96.1 Å². The molecule has 1 saturated heterocycles. The van der Waals surface area contributed by atoms with Crippen molar-refractivity contribution < 1.29 is 14.3 Å². The van der Waals surface area contributed by atoms with E-state index in [2.05, 4.69) is 6.58 Å². The minimum Gasteiger partial charge on any atom is -0.490 e. The van der Waals surface area contributed by atoms with Crippen molar-refractivity contribution in [1.29, 1.82) is 0 Å². The van der Waals surface area contributed by atoms with Crippen molar-refractivity contribution in [2.45, 2.75) is 38.7 Å². The summed E-state index contributed by atoms with van der Waals surface area (Å²) in [5.74, 6) is 1.07. The molecule has 0 aromatic carbocycles. The molecular weight excluding hydrogens is 204 g/mol. The molecule has 1 fully saturated rings. The van der Waals surface area contributed by atoms with Crippen LogP contribution in [-0.4, -0.2) is 18.7 Å². The van der Waals surface area contributed by atoms with Crippen molar-refractivity contribution in [2.24, 2.45) is 5.92 Å². The maximum atomic E-state index is 11.7. The topological polar surface area (TPSA) is 35.5 Å². The average Bonchev–Trinajstić information content (AvgIpc) is 2.71. The van der Waals surface area contributed by atoms with Gasteiger partial charge in [-0.05, 0) is 32.6 Å². The highest BCUT2D eigenvalue weighted by molar-refractivity contribution is 5.89. The van der Waals surface area contributed by atoms with Crippen LogP contribution >= 0.6 is 0 Å². The van der Waals surface area contributed by atoms with Crippen molar-refractivity contribution in [2.75, 3.05) is 6.61 Å². The Morgan fingerprint density at radius 2 is 2.50 bits per heavy atom. The van der Waals surface area contributed by atoms with E-state index in [1.54, 1.807) is 0 Å². The third kappa shape index (κ3) is 1.99. The Kier molecular flexibility index (Phi) is 3.32. The predicted octanol–water partition coefficient (Wildman–Crippen LogP) is 2.58. The number of carbonyl (C=O) groups is 1. The van der Waals surface area contributed by atoms with Crippen LogP contribution in [0.1, 0.15) is 32.6 Å². The molecule has 1 heterocycles. The van der Waals surface area contributed by atoms with Gasteiger partial charge in [-0.1, -0.05) is 12.7 Å². The molecule has 3 nitrogen and oxygen atoms in total. The molecule has 88 valence electrons. The number of fused-ring (bicyclic) bond motifs is 1. The van der Waals surface area contributed by atoms with E-state index in [9.17, 15) is 4.79 Å². The van der Waals surface area contributed by atoms with Crippen LogP contribution < -0.4 is 0 Å². The SMILES string of the molecule is C=C[C@H]1C[C@H]2CCCC(C(=O)OCC)=C2O1. The summed E-state index contributed by atoms with van der Waals surface area (Å²) in [5.41, 5.74) is 0.752. The van der Waals surface area contributed by atoms with Crippen molar-refractivity contribution in [1.82, 2.24) is 0 Å². The summed E-state index contributed by atoms with van der Waals surface area (Å²) >= 11 is 0. The zero-order chi connectivity index (χ0) is 11.5. The van der Waals surface area contributed by atoms with E-state index in [1.165, 1.54) is 0 Å². The molecule has 0 N–H and O–H groups in total. The summed E-state index contributed by atoms with van der Waals surface area (Å²) in [6, 6.07) is 0. The summed E-state index contributed by atoms with van der Waals surface area (Å²) in [5, 5.41) is 0. The molecule has 0 radical (unpaired) electrons. The molecule has 16 heavy (non-hydrogen) atoms. The lowest BCUT2D eigenvalue weighted by atomic mass is 9.87. The first-order valence-corrected chi connectivity index (χ1v) is 5.95. The van der Waals surface area contributed by atoms with Gasteiger partial charge < -0.3 is 9.47 Å². The molecule has 2 rings (SSSR count). The maximum absolute atomic E-state index is 11.7. The quantitative estimate of drug-likeness (QED) is 0.544. The van der Waals surface area contributed by atoms with Gasteiger partial charge >= 0.3 is 5.97 Å². The van der Waals surface area contributed by atoms with Crippen molar-refractivity contribution >= 4 is 5.97 Å². The van der Waals surface area contributed by atoms with E-state index < -0.39 is 0 Å². The average molecular weight is 222 g/mol. The molecule has 0 aromatic rings. The minimum absolute atomic E-state index is 0.0718. The van der Waals surface area contributed by atoms with Crippen LogP contribution in [0.5, 0.6) is 0 Å². The van der Waals surface area contributed by atoms with E-state index in [4.69, 9.17) is 9.47 Å². The zero-order valence-corrected chi connectivity index (χ0v) is 9.70. The lowest BCUT2D eigenvalue weighted by molar-refractivity contribution is -0.139. The number of hydrogen-bond acceptors (Lipinski definition) is 3. The van der Waals surface area contributed by atoms with E-state index in [1.807, 2.05) is 13.0 Å². The van der Waals surface area contributed by atoms with Gasteiger partial charge in [0, 0.05) is 5.92 Å². The van der Waals surface area contributed by atoms with Gasteiger partial charge in [-0.3, -0.25) is 0 Å². The van der Waals surface area contributed by atoms with Crippen LogP contribution in [0, 0.1) is 5.92 Å². The maximum Gasteiger partial charge on any atom is 0.337 e. The summed E-state index contributed by atoms with van der Waals surface area (Å²) < 4.78 is 10.8. The fraction of sp³-hybridized carbons (Fsp3) is 0.615. The second-order valence-corrected chi connectivity index (χ2v) is 4.28. The zero-order valence-electron chi connectivity index (χ0n) is 9.70. The van der Waals surface area contributed by atoms with E-state index in [0.29, 0.717) is 12.5 Å². The van der Waals surface area contributed by atoms with Gasteiger partial charge in [0.05, 0.1) is 12.2 Å². The molecule has 2 aliphatic rings. The van der Waals surface area contributed by atoms with E-state index in [-0.39, 0.29) is 12.1 Å². The molecule has 0 amide bonds. The number of rotatable bonds is 3. The van der Waals surface area contributed by atoms with E-state index in [0.717, 1.165) is 37.0 Å². The van der Waals surface area contributed by atoms with Crippen LogP contribution in [0.4, 0.5) is 0 Å². The van der Waals surface area contributed by atoms with Crippen molar-refractivity contribution in [3.05, 3.63) is 24.0 Å². The molecular formula is C13H18O3. The fourth-order valence-corrected chi connectivity index (χ4v) is 2.47. The molecule has 2 atom stereocenters. The third-order valence-electron chi connectivity index (χ3n) is 3.23. The summed E-state index contributed by atoms with van der Waals surface area (Å²) in [4.78, 5) is 11.7. The van der Waals surface area contributed by atoms with Crippen molar-refractivity contribution in [3.8, 4) is 0 Å². The molecule has 3 heteroatoms. The van der Waals surface area contributed by atoms with Gasteiger partial charge in [-0.2, -0.15) is 0 Å². The molecule has 0 unspecified atom stereocenters. The Morgan fingerprint density at radius 1 is 1.69 bits per heavy atom. The molecule has 0 aromatic heterocycles. The summed E-state index contributed by atoms with van der Waals surface area (Å²) in [6.07, 6.45) is 5.80. The lowest BCUT2D eigenvalue weighted by Gasteiger charge is -2.20. The molecule has 1 aliphatic carbocycles. The Bertz CT molecular complexity index is 330. The van der Waals surface area contributed by atoms with Gasteiger partial charge in [-0.25, -0.2) is 4.79 Å². The first-order chi connectivity index (χ1) is 7.76. The lowest BCUT2D eigenvalue weighted by Crippen LogP contribution is -2.16. The smallest absolute Gasteiger partial charge is 0.337 e. The van der Waals surface area contributed by atoms with Crippen molar-refractivity contribution in [3.63, 3.8) is 0 Å². The standard InChI is InChI=1S/C13H18O3/c1-3-10-8-9-6-5-7-11(12(9)16-10)13(14)15-4-2/h3,9-10H,1,4-8H2,2H3/t9-,10+/m1/s1. The Balaban J connectivity index is 2.21. The Hall–Kier alpha value is -1.25. The second-order valence-electron chi connectivity index (χ2n) is 4.28. The predicted molar refractivity (Wildman–Crippen MR) is 60.7 cm³/mol. The number of carbonyl (C=O) groups excluding carboxylic acids is 1. The first-order valence-electron chi connectivity index (χ1n) is 5.95. The second kappa shape index (κ2) is 4.73. The highest BCUT2D eigenvalue weighted by Crippen LogP contribution is 2.41. The normalized spacial score (nSPS) is 28.3. The van der Waals surface area contributed by atoms with Gasteiger partial charge in [-0.15, -0.1) is 0 Å². The highest BCUT2D eigenvalue weighted by Gasteiger charge is 2.36. The highest BCUT2D eigenvalue weighted by atomic mass is 16.5. The van der Waals surface area contributed by atoms with Crippen LogP contribution in [-0.2, 0) is 14.3 Å². The number of esters is 1. The summed E-state index contributed by atoms with van der Waals surface area (Å²) in [7, 11) is 0. The third-order valence-corrected chi connectivity index (χ3v) is 3.23. The molecule has 1 aliphatic heterocycles. The molecule has 0 bridgehead atoms. The van der Waals surface area contributed by atoms with Crippen LogP contribution in [0.2, 0.25) is 0 Å². The summed E-state index contributed by atoms with van der Waals surface area (Å²) in [6.45, 7) is 5.99. The van der Waals surface area contributed by atoms with Crippen LogP contribution in [0.3, 0.4) is 0 Å². The molecule has 0 saturated carbocycles. The number of allylic oxidation sites excluding steroid dienone is 1. The largest absolute Gasteiger partial charge is 0.490 e. The fourth-order valence-electron chi connectivity index (χ4n) is 2.47. The minimum atomic E-state index is -0.202. The Morgan fingerprint density at radius 3 is 3.19 bits per heavy atom. The monoisotopic (exact) mass is 222 g/mol.